The van der Waals surface area contributed by atoms with Crippen LogP contribution in [0.5, 0.6) is 0 Å². The molecule has 0 spiro atoms. The van der Waals surface area contributed by atoms with Gasteiger partial charge in [0.15, 0.2) is 0 Å². The van der Waals surface area contributed by atoms with Gasteiger partial charge in [0.05, 0.1) is 18.8 Å². The fraction of sp³-hybridized carbons (Fsp3) is 1.00. The molecule has 2 unspecified atom stereocenters. The predicted molar refractivity (Wildman–Crippen MR) is 79.4 cm³/mol. The van der Waals surface area contributed by atoms with Crippen molar-refractivity contribution in [2.45, 2.75) is 89.8 Å². The first-order valence-corrected chi connectivity index (χ1v) is 8.63. The summed E-state index contributed by atoms with van der Waals surface area (Å²) in [7, 11) is 0. The van der Waals surface area contributed by atoms with Crippen LogP contribution in [0.2, 0.25) is 0 Å². The Hall–Kier alpha value is -0.0800. The first kappa shape index (κ1) is 15.3. The highest BCUT2D eigenvalue weighted by Gasteiger charge is 2.39. The van der Waals surface area contributed by atoms with Gasteiger partial charge in [-0.05, 0) is 25.7 Å². The van der Waals surface area contributed by atoms with Gasteiger partial charge in [0.1, 0.15) is 0 Å². The van der Waals surface area contributed by atoms with Crippen LogP contribution in [0.15, 0.2) is 0 Å². The fourth-order valence-electron chi connectivity index (χ4n) is 2.56. The summed E-state index contributed by atoms with van der Waals surface area (Å²) >= 11 is 0. The molecule has 0 aromatic rings. The Morgan fingerprint density at radius 2 is 1.53 bits per heavy atom. The molecular weight excluding hydrogens is 236 g/mol. The van der Waals surface area contributed by atoms with Gasteiger partial charge < -0.3 is 9.47 Å². The lowest BCUT2D eigenvalue weighted by molar-refractivity contribution is 0.0667. The molecule has 2 atom stereocenters. The highest BCUT2D eigenvalue weighted by Crippen LogP contribution is 2.36. The summed E-state index contributed by atoms with van der Waals surface area (Å²) in [5.41, 5.74) is 0. The summed E-state index contributed by atoms with van der Waals surface area (Å²) in [6.45, 7) is 4.20. The van der Waals surface area contributed by atoms with Gasteiger partial charge in [-0.15, -0.1) is 0 Å². The second kappa shape index (κ2) is 8.97. The van der Waals surface area contributed by atoms with Gasteiger partial charge in [0.25, 0.3) is 0 Å². The molecule has 2 nitrogen and oxygen atoms in total. The van der Waals surface area contributed by atoms with Crippen LogP contribution in [-0.4, -0.2) is 25.4 Å². The third-order valence-electron chi connectivity index (χ3n) is 4.26. The van der Waals surface area contributed by atoms with Crippen LogP contribution >= 0.6 is 0 Å². The van der Waals surface area contributed by atoms with E-state index in [1.807, 2.05) is 0 Å². The van der Waals surface area contributed by atoms with Crippen molar-refractivity contribution in [3.63, 3.8) is 0 Å². The van der Waals surface area contributed by atoms with Crippen LogP contribution in [-0.2, 0) is 9.47 Å². The molecule has 19 heavy (non-hydrogen) atoms. The Labute approximate surface area is 119 Å². The van der Waals surface area contributed by atoms with Gasteiger partial charge in [-0.3, -0.25) is 0 Å². The van der Waals surface area contributed by atoms with Crippen molar-refractivity contribution in [3.8, 4) is 0 Å². The van der Waals surface area contributed by atoms with E-state index >= 15 is 0 Å². The van der Waals surface area contributed by atoms with Crippen molar-refractivity contribution in [1.29, 1.82) is 0 Å². The SMILES string of the molecule is CCCCCCCCCCOC1CC1COC1CC1. The molecule has 0 heterocycles. The molecule has 0 aromatic heterocycles. The number of hydrogen-bond donors (Lipinski definition) is 0. The third kappa shape index (κ3) is 7.31. The Morgan fingerprint density at radius 3 is 2.21 bits per heavy atom. The molecule has 0 N–H and O–H groups in total. The Morgan fingerprint density at radius 1 is 0.842 bits per heavy atom. The minimum Gasteiger partial charge on any atom is -0.378 e. The fourth-order valence-corrected chi connectivity index (χ4v) is 2.56. The molecule has 2 aliphatic carbocycles. The van der Waals surface area contributed by atoms with Crippen LogP contribution in [0.1, 0.15) is 77.6 Å². The lowest BCUT2D eigenvalue weighted by Crippen LogP contribution is -2.05. The van der Waals surface area contributed by atoms with Gasteiger partial charge in [-0.1, -0.05) is 51.9 Å². The van der Waals surface area contributed by atoms with E-state index in [4.69, 9.17) is 9.47 Å². The molecule has 0 saturated heterocycles. The monoisotopic (exact) mass is 268 g/mol. The zero-order valence-electron chi connectivity index (χ0n) is 12.7. The summed E-state index contributed by atoms with van der Waals surface area (Å²) < 4.78 is 11.6. The molecule has 0 aliphatic heterocycles. The molecule has 0 aromatic carbocycles. The second-order valence-electron chi connectivity index (χ2n) is 6.41. The second-order valence-corrected chi connectivity index (χ2v) is 6.41. The van der Waals surface area contributed by atoms with Gasteiger partial charge in [-0.25, -0.2) is 0 Å². The molecular formula is C17H32O2. The summed E-state index contributed by atoms with van der Waals surface area (Å²) in [6, 6.07) is 0. The molecule has 2 aliphatic rings. The van der Waals surface area contributed by atoms with Crippen LogP contribution in [0.4, 0.5) is 0 Å². The van der Waals surface area contributed by atoms with Crippen molar-refractivity contribution < 1.29 is 9.47 Å². The summed E-state index contributed by atoms with van der Waals surface area (Å²) in [5.74, 6) is 0.717. The minimum atomic E-state index is 0.531. The van der Waals surface area contributed by atoms with Crippen LogP contribution in [0, 0.1) is 5.92 Å². The van der Waals surface area contributed by atoms with E-state index in [9.17, 15) is 0 Å². The molecule has 2 saturated carbocycles. The van der Waals surface area contributed by atoms with E-state index in [-0.39, 0.29) is 0 Å². The maximum absolute atomic E-state index is 5.88. The Balaban J connectivity index is 1.28. The molecule has 0 bridgehead atoms. The number of ether oxygens (including phenoxy) is 2. The van der Waals surface area contributed by atoms with E-state index in [1.165, 1.54) is 70.6 Å². The highest BCUT2D eigenvalue weighted by atomic mass is 16.5. The maximum atomic E-state index is 5.88. The number of hydrogen-bond acceptors (Lipinski definition) is 2. The van der Waals surface area contributed by atoms with E-state index in [0.29, 0.717) is 12.2 Å². The zero-order chi connectivity index (χ0) is 13.3. The highest BCUT2D eigenvalue weighted by molar-refractivity contribution is 4.88. The average molecular weight is 268 g/mol. The van der Waals surface area contributed by atoms with Gasteiger partial charge >= 0.3 is 0 Å². The zero-order valence-corrected chi connectivity index (χ0v) is 12.7. The Bertz CT molecular complexity index is 225. The van der Waals surface area contributed by atoms with Gasteiger partial charge in [-0.2, -0.15) is 0 Å². The van der Waals surface area contributed by atoms with E-state index in [0.717, 1.165) is 19.1 Å². The van der Waals surface area contributed by atoms with Crippen molar-refractivity contribution in [1.82, 2.24) is 0 Å². The lowest BCUT2D eigenvalue weighted by atomic mass is 10.1. The van der Waals surface area contributed by atoms with Gasteiger partial charge in [0.2, 0.25) is 0 Å². The largest absolute Gasteiger partial charge is 0.378 e. The van der Waals surface area contributed by atoms with Crippen molar-refractivity contribution >= 4 is 0 Å². The summed E-state index contributed by atoms with van der Waals surface area (Å²) in [4.78, 5) is 0. The van der Waals surface area contributed by atoms with Crippen LogP contribution < -0.4 is 0 Å². The molecule has 112 valence electrons. The van der Waals surface area contributed by atoms with Crippen LogP contribution in [0.3, 0.4) is 0 Å². The van der Waals surface area contributed by atoms with E-state index in [2.05, 4.69) is 6.92 Å². The normalized spacial score (nSPS) is 25.7. The van der Waals surface area contributed by atoms with Crippen molar-refractivity contribution in [2.24, 2.45) is 5.92 Å². The first-order chi connectivity index (χ1) is 9.40. The topological polar surface area (TPSA) is 18.5 Å². The molecule has 2 heteroatoms. The third-order valence-corrected chi connectivity index (χ3v) is 4.26. The van der Waals surface area contributed by atoms with E-state index in [1.54, 1.807) is 0 Å². The predicted octanol–water partition coefficient (Wildman–Crippen LogP) is 4.71. The van der Waals surface area contributed by atoms with E-state index < -0.39 is 0 Å². The summed E-state index contributed by atoms with van der Waals surface area (Å²) in [6.07, 6.45) is 16.0. The Kier molecular flexibility index (Phi) is 7.23. The van der Waals surface area contributed by atoms with Gasteiger partial charge in [0, 0.05) is 12.5 Å². The maximum Gasteiger partial charge on any atom is 0.0630 e. The standard InChI is InChI=1S/C17H32O2/c1-2-3-4-5-6-7-8-9-12-18-17-13-15(17)14-19-16-10-11-16/h15-17H,2-14H2,1H3. The summed E-state index contributed by atoms with van der Waals surface area (Å²) in [5, 5.41) is 0. The van der Waals surface area contributed by atoms with Crippen molar-refractivity contribution in [3.05, 3.63) is 0 Å². The number of unbranched alkanes of at least 4 members (excludes halogenated alkanes) is 7. The molecule has 0 radical (unpaired) electrons. The quantitative estimate of drug-likeness (QED) is 0.450. The first-order valence-electron chi connectivity index (χ1n) is 8.63. The molecule has 0 amide bonds. The minimum absolute atomic E-state index is 0.531. The molecule has 2 fully saturated rings. The van der Waals surface area contributed by atoms with Crippen molar-refractivity contribution in [2.75, 3.05) is 13.2 Å². The lowest BCUT2D eigenvalue weighted by Gasteiger charge is -2.04. The number of rotatable bonds is 13. The van der Waals surface area contributed by atoms with Crippen LogP contribution in [0.25, 0.3) is 0 Å². The molecule has 2 rings (SSSR count). The average Bonchev–Trinajstić information content (AvgIpc) is 3.30. The smallest absolute Gasteiger partial charge is 0.0630 e.